The van der Waals surface area contributed by atoms with Gasteiger partial charge in [0.05, 0.1) is 12.0 Å². The molecule has 0 aromatic carbocycles. The van der Waals surface area contributed by atoms with Crippen molar-refractivity contribution in [1.82, 2.24) is 0 Å². The van der Waals surface area contributed by atoms with E-state index in [1.807, 2.05) is 34.6 Å². The summed E-state index contributed by atoms with van der Waals surface area (Å²) < 4.78 is 5.03. The molecule has 0 bridgehead atoms. The second-order valence-corrected chi connectivity index (χ2v) is 3.52. The van der Waals surface area contributed by atoms with E-state index in [0.717, 1.165) is 0 Å². The van der Waals surface area contributed by atoms with Crippen LogP contribution in [0, 0.1) is 11.8 Å². The zero-order chi connectivity index (χ0) is 9.02. The number of rotatable bonds is 3. The summed E-state index contributed by atoms with van der Waals surface area (Å²) in [6.45, 7) is 9.67. The standard InChI is InChI=1S/C9H18O2/c1-6(2)8(5)9(10)11-7(3)4/h6-8H,1-5H3/t8-/m0/s1. The number of carbonyl (C=O) groups is 1. The molecule has 0 rings (SSSR count). The highest BCUT2D eigenvalue weighted by atomic mass is 16.5. The molecule has 0 unspecified atom stereocenters. The Balaban J connectivity index is 3.83. The molecule has 0 spiro atoms. The van der Waals surface area contributed by atoms with Gasteiger partial charge in [-0.1, -0.05) is 20.8 Å². The topological polar surface area (TPSA) is 26.3 Å². The van der Waals surface area contributed by atoms with Crippen molar-refractivity contribution in [3.8, 4) is 0 Å². The van der Waals surface area contributed by atoms with Gasteiger partial charge in [-0.25, -0.2) is 0 Å². The Bertz CT molecular complexity index is 128. The van der Waals surface area contributed by atoms with Crippen LogP contribution in [0.15, 0.2) is 0 Å². The minimum absolute atomic E-state index is 0.00343. The first kappa shape index (κ1) is 10.5. The van der Waals surface area contributed by atoms with Crippen LogP contribution in [-0.4, -0.2) is 12.1 Å². The van der Waals surface area contributed by atoms with Gasteiger partial charge >= 0.3 is 5.97 Å². The molecule has 0 saturated heterocycles. The minimum Gasteiger partial charge on any atom is -0.463 e. The van der Waals surface area contributed by atoms with E-state index in [1.54, 1.807) is 0 Å². The Kier molecular flexibility index (Phi) is 4.16. The van der Waals surface area contributed by atoms with Gasteiger partial charge in [-0.05, 0) is 19.8 Å². The molecule has 66 valence electrons. The Morgan fingerprint density at radius 3 is 1.82 bits per heavy atom. The summed E-state index contributed by atoms with van der Waals surface area (Å²) >= 11 is 0. The molecule has 0 heterocycles. The monoisotopic (exact) mass is 158 g/mol. The highest BCUT2D eigenvalue weighted by Gasteiger charge is 2.18. The van der Waals surface area contributed by atoms with E-state index in [2.05, 4.69) is 0 Å². The maximum atomic E-state index is 11.2. The van der Waals surface area contributed by atoms with Crippen LogP contribution in [-0.2, 0) is 9.53 Å². The van der Waals surface area contributed by atoms with Crippen LogP contribution in [0.2, 0.25) is 0 Å². The van der Waals surface area contributed by atoms with Gasteiger partial charge in [0.1, 0.15) is 0 Å². The van der Waals surface area contributed by atoms with Crippen molar-refractivity contribution in [3.63, 3.8) is 0 Å². The molecule has 0 aliphatic heterocycles. The average molecular weight is 158 g/mol. The number of hydrogen-bond acceptors (Lipinski definition) is 2. The Morgan fingerprint density at radius 1 is 1.09 bits per heavy atom. The molecule has 0 amide bonds. The third kappa shape index (κ3) is 4.02. The SMILES string of the molecule is CC(C)OC(=O)[C@@H](C)C(C)C. The molecule has 0 saturated carbocycles. The zero-order valence-electron chi connectivity index (χ0n) is 8.05. The number of hydrogen-bond donors (Lipinski definition) is 0. The van der Waals surface area contributed by atoms with Gasteiger partial charge < -0.3 is 4.74 Å². The van der Waals surface area contributed by atoms with Crippen LogP contribution < -0.4 is 0 Å². The quantitative estimate of drug-likeness (QED) is 0.589. The third-order valence-corrected chi connectivity index (χ3v) is 1.72. The van der Waals surface area contributed by atoms with Gasteiger partial charge in [0.2, 0.25) is 0 Å². The predicted octanol–water partition coefficient (Wildman–Crippen LogP) is 2.23. The lowest BCUT2D eigenvalue weighted by Crippen LogP contribution is -2.22. The molecule has 2 nitrogen and oxygen atoms in total. The van der Waals surface area contributed by atoms with Crippen LogP contribution in [0.5, 0.6) is 0 Å². The molecule has 0 fully saturated rings. The summed E-state index contributed by atoms with van der Waals surface area (Å²) in [4.78, 5) is 11.2. The second kappa shape index (κ2) is 4.37. The number of carbonyl (C=O) groups excluding carboxylic acids is 1. The summed E-state index contributed by atoms with van der Waals surface area (Å²) in [5.41, 5.74) is 0. The average Bonchev–Trinajstić information content (AvgIpc) is 1.84. The lowest BCUT2D eigenvalue weighted by atomic mass is 9.98. The Labute approximate surface area is 68.9 Å². The molecule has 0 aliphatic rings. The summed E-state index contributed by atoms with van der Waals surface area (Å²) in [6, 6.07) is 0. The predicted molar refractivity (Wildman–Crippen MR) is 45.2 cm³/mol. The second-order valence-electron chi connectivity index (χ2n) is 3.52. The molecule has 0 aromatic rings. The van der Waals surface area contributed by atoms with E-state index < -0.39 is 0 Å². The molecule has 11 heavy (non-hydrogen) atoms. The smallest absolute Gasteiger partial charge is 0.309 e. The minimum atomic E-state index is -0.0880. The van der Waals surface area contributed by atoms with E-state index in [-0.39, 0.29) is 18.0 Å². The van der Waals surface area contributed by atoms with E-state index in [0.29, 0.717) is 5.92 Å². The molecular formula is C9H18O2. The largest absolute Gasteiger partial charge is 0.463 e. The fourth-order valence-corrected chi connectivity index (χ4v) is 0.612. The Hall–Kier alpha value is -0.530. The van der Waals surface area contributed by atoms with Gasteiger partial charge in [0, 0.05) is 0 Å². The number of ether oxygens (including phenoxy) is 1. The molecule has 0 radical (unpaired) electrons. The lowest BCUT2D eigenvalue weighted by Gasteiger charge is -2.16. The fourth-order valence-electron chi connectivity index (χ4n) is 0.612. The highest BCUT2D eigenvalue weighted by molar-refractivity contribution is 5.72. The van der Waals surface area contributed by atoms with Crippen molar-refractivity contribution in [2.24, 2.45) is 11.8 Å². The maximum Gasteiger partial charge on any atom is 0.309 e. The molecule has 1 atom stereocenters. The zero-order valence-corrected chi connectivity index (χ0v) is 8.05. The van der Waals surface area contributed by atoms with Gasteiger partial charge in [-0.3, -0.25) is 4.79 Å². The van der Waals surface area contributed by atoms with Crippen molar-refractivity contribution >= 4 is 5.97 Å². The van der Waals surface area contributed by atoms with Crippen molar-refractivity contribution < 1.29 is 9.53 Å². The number of esters is 1. The van der Waals surface area contributed by atoms with Crippen molar-refractivity contribution in [1.29, 1.82) is 0 Å². The van der Waals surface area contributed by atoms with Gasteiger partial charge in [-0.15, -0.1) is 0 Å². The first-order valence-corrected chi connectivity index (χ1v) is 4.15. The highest BCUT2D eigenvalue weighted by Crippen LogP contribution is 2.12. The lowest BCUT2D eigenvalue weighted by molar-refractivity contribution is -0.153. The fraction of sp³-hybridized carbons (Fsp3) is 0.889. The van der Waals surface area contributed by atoms with Crippen LogP contribution in [0.25, 0.3) is 0 Å². The molecule has 0 aliphatic carbocycles. The Morgan fingerprint density at radius 2 is 1.55 bits per heavy atom. The van der Waals surface area contributed by atoms with Gasteiger partial charge in [0.25, 0.3) is 0 Å². The van der Waals surface area contributed by atoms with Gasteiger partial charge in [0.15, 0.2) is 0 Å². The van der Waals surface area contributed by atoms with E-state index >= 15 is 0 Å². The van der Waals surface area contributed by atoms with Crippen molar-refractivity contribution in [3.05, 3.63) is 0 Å². The molecular weight excluding hydrogens is 140 g/mol. The van der Waals surface area contributed by atoms with E-state index in [9.17, 15) is 4.79 Å². The first-order chi connectivity index (χ1) is 4.95. The van der Waals surface area contributed by atoms with E-state index in [1.165, 1.54) is 0 Å². The molecule has 0 N–H and O–H groups in total. The molecule has 2 heteroatoms. The van der Waals surface area contributed by atoms with Gasteiger partial charge in [-0.2, -0.15) is 0 Å². The van der Waals surface area contributed by atoms with Crippen LogP contribution in [0.4, 0.5) is 0 Å². The summed E-state index contributed by atoms with van der Waals surface area (Å²) in [5.74, 6) is 0.286. The van der Waals surface area contributed by atoms with Crippen molar-refractivity contribution in [2.45, 2.75) is 40.7 Å². The first-order valence-electron chi connectivity index (χ1n) is 4.15. The normalized spacial score (nSPS) is 13.7. The van der Waals surface area contributed by atoms with Crippen LogP contribution in [0.3, 0.4) is 0 Å². The van der Waals surface area contributed by atoms with Crippen LogP contribution >= 0.6 is 0 Å². The summed E-state index contributed by atoms with van der Waals surface area (Å²) in [6.07, 6.45) is 0.00343. The van der Waals surface area contributed by atoms with Crippen molar-refractivity contribution in [2.75, 3.05) is 0 Å². The summed E-state index contributed by atoms with van der Waals surface area (Å²) in [5, 5.41) is 0. The third-order valence-electron chi connectivity index (χ3n) is 1.72. The van der Waals surface area contributed by atoms with E-state index in [4.69, 9.17) is 4.74 Å². The molecule has 0 aromatic heterocycles. The maximum absolute atomic E-state index is 11.2. The van der Waals surface area contributed by atoms with Crippen LogP contribution in [0.1, 0.15) is 34.6 Å². The summed E-state index contributed by atoms with van der Waals surface area (Å²) in [7, 11) is 0.